The van der Waals surface area contributed by atoms with Crippen molar-refractivity contribution in [3.05, 3.63) is 66.7 Å². The van der Waals surface area contributed by atoms with Crippen LogP contribution < -0.4 is 25.6 Å². The van der Waals surface area contributed by atoms with Gasteiger partial charge in [0.1, 0.15) is 11.5 Å². The van der Waals surface area contributed by atoms with Crippen molar-refractivity contribution in [2.24, 2.45) is 0 Å². The number of hydrogen-bond acceptors (Lipinski definition) is 5. The van der Waals surface area contributed by atoms with E-state index in [-0.39, 0.29) is 25.4 Å². The summed E-state index contributed by atoms with van der Waals surface area (Å²) in [5.74, 6) is -0.00834. The number of carbonyl (C=O) groups is 3. The number of amides is 3. The van der Waals surface area contributed by atoms with Crippen molar-refractivity contribution in [2.75, 3.05) is 18.5 Å². The minimum Gasteiger partial charge on any atom is -0.494 e. The van der Waals surface area contributed by atoms with Crippen LogP contribution in [0.1, 0.15) is 19.8 Å². The third-order valence-electron chi connectivity index (χ3n) is 4.48. The Kier molecular flexibility index (Phi) is 8.02. The monoisotopic (exact) mass is 435 g/mol. The zero-order chi connectivity index (χ0) is 22.8. The Morgan fingerprint density at radius 1 is 0.750 bits per heavy atom. The maximum Gasteiger partial charge on any atom is 0.276 e. The Bertz CT molecular complexity index is 1080. The number of rotatable bonds is 9. The fraction of sp³-hybridized carbons (Fsp3) is 0.208. The van der Waals surface area contributed by atoms with E-state index in [4.69, 9.17) is 9.47 Å². The van der Waals surface area contributed by atoms with Crippen LogP contribution in [0.15, 0.2) is 66.7 Å². The van der Waals surface area contributed by atoms with Crippen LogP contribution in [0.4, 0.5) is 5.69 Å². The van der Waals surface area contributed by atoms with Crippen LogP contribution in [0.25, 0.3) is 10.8 Å². The van der Waals surface area contributed by atoms with E-state index in [9.17, 15) is 14.4 Å². The zero-order valence-electron chi connectivity index (χ0n) is 17.7. The van der Waals surface area contributed by atoms with Crippen LogP contribution in [0.5, 0.6) is 11.5 Å². The Balaban J connectivity index is 1.36. The number of nitrogens with one attached hydrogen (secondary N) is 3. The molecule has 0 saturated carbocycles. The summed E-state index contributed by atoms with van der Waals surface area (Å²) in [6.07, 6.45) is -0.102. The summed E-state index contributed by atoms with van der Waals surface area (Å²) in [4.78, 5) is 35.9. The van der Waals surface area contributed by atoms with E-state index in [0.29, 0.717) is 23.8 Å². The van der Waals surface area contributed by atoms with Gasteiger partial charge in [-0.3, -0.25) is 25.2 Å². The second kappa shape index (κ2) is 11.4. The van der Waals surface area contributed by atoms with Gasteiger partial charge < -0.3 is 14.8 Å². The second-order valence-electron chi connectivity index (χ2n) is 6.87. The lowest BCUT2D eigenvalue weighted by molar-refractivity contribution is -0.130. The highest BCUT2D eigenvalue weighted by atomic mass is 16.5. The first kappa shape index (κ1) is 22.6. The van der Waals surface area contributed by atoms with E-state index in [1.807, 2.05) is 43.3 Å². The molecule has 3 aromatic carbocycles. The van der Waals surface area contributed by atoms with Gasteiger partial charge in [0.2, 0.25) is 11.8 Å². The maximum absolute atomic E-state index is 12.0. The van der Waals surface area contributed by atoms with Crippen LogP contribution in [-0.4, -0.2) is 30.9 Å². The highest BCUT2D eigenvalue weighted by molar-refractivity contribution is 5.93. The fourth-order valence-electron chi connectivity index (χ4n) is 2.95. The van der Waals surface area contributed by atoms with E-state index in [0.717, 1.165) is 10.8 Å². The van der Waals surface area contributed by atoms with Crippen molar-refractivity contribution < 1.29 is 23.9 Å². The van der Waals surface area contributed by atoms with Crippen LogP contribution in [0.3, 0.4) is 0 Å². The molecule has 32 heavy (non-hydrogen) atoms. The lowest BCUT2D eigenvalue weighted by Gasteiger charge is -2.11. The molecule has 0 spiro atoms. The minimum absolute atomic E-state index is 0.0264. The molecule has 0 bridgehead atoms. The van der Waals surface area contributed by atoms with Crippen molar-refractivity contribution in [2.45, 2.75) is 19.8 Å². The Morgan fingerprint density at radius 2 is 1.44 bits per heavy atom. The predicted molar refractivity (Wildman–Crippen MR) is 121 cm³/mol. The molecule has 3 N–H and O–H groups in total. The lowest BCUT2D eigenvalue weighted by Crippen LogP contribution is -2.44. The van der Waals surface area contributed by atoms with Crippen LogP contribution in [-0.2, 0) is 14.4 Å². The van der Waals surface area contributed by atoms with Gasteiger partial charge in [-0.05, 0) is 42.6 Å². The molecule has 3 amide bonds. The van der Waals surface area contributed by atoms with Gasteiger partial charge in [-0.1, -0.05) is 36.4 Å². The van der Waals surface area contributed by atoms with Crippen molar-refractivity contribution in [1.82, 2.24) is 10.9 Å². The number of hydrogen-bond donors (Lipinski definition) is 3. The van der Waals surface area contributed by atoms with Gasteiger partial charge in [0.15, 0.2) is 6.61 Å². The van der Waals surface area contributed by atoms with E-state index in [2.05, 4.69) is 16.2 Å². The molecular formula is C24H25N3O5. The first-order valence-electron chi connectivity index (χ1n) is 10.3. The van der Waals surface area contributed by atoms with Crippen molar-refractivity contribution in [3.63, 3.8) is 0 Å². The Morgan fingerprint density at radius 3 is 2.22 bits per heavy atom. The third-order valence-corrected chi connectivity index (χ3v) is 4.48. The van der Waals surface area contributed by atoms with Gasteiger partial charge >= 0.3 is 0 Å². The first-order chi connectivity index (χ1) is 15.5. The third kappa shape index (κ3) is 6.73. The highest BCUT2D eigenvalue weighted by Crippen LogP contribution is 2.24. The molecule has 166 valence electrons. The normalized spacial score (nSPS) is 10.3. The number of carbonyl (C=O) groups excluding carboxylic acids is 3. The molecule has 0 atom stereocenters. The topological polar surface area (TPSA) is 106 Å². The summed E-state index contributed by atoms with van der Waals surface area (Å²) in [7, 11) is 0. The average molecular weight is 435 g/mol. The van der Waals surface area contributed by atoms with Gasteiger partial charge in [-0.25, -0.2) is 0 Å². The van der Waals surface area contributed by atoms with Gasteiger partial charge in [0.05, 0.1) is 6.61 Å². The second-order valence-corrected chi connectivity index (χ2v) is 6.87. The zero-order valence-corrected chi connectivity index (χ0v) is 17.7. The van der Waals surface area contributed by atoms with E-state index >= 15 is 0 Å². The summed E-state index contributed by atoms with van der Waals surface area (Å²) in [6.45, 7) is 2.19. The summed E-state index contributed by atoms with van der Waals surface area (Å²) >= 11 is 0. The number of fused-ring (bicyclic) bond motifs is 1. The summed E-state index contributed by atoms with van der Waals surface area (Å²) in [5.41, 5.74) is 5.17. The molecule has 0 aromatic heterocycles. The number of benzene rings is 3. The van der Waals surface area contributed by atoms with E-state index in [1.54, 1.807) is 30.3 Å². The number of anilines is 1. The molecule has 0 unspecified atom stereocenters. The molecule has 8 heteroatoms. The molecule has 0 heterocycles. The average Bonchev–Trinajstić information content (AvgIpc) is 2.81. The van der Waals surface area contributed by atoms with Crippen molar-refractivity contribution in [3.8, 4) is 11.5 Å². The number of ether oxygens (including phenoxy) is 2. The molecule has 0 aliphatic heterocycles. The minimum atomic E-state index is -0.509. The van der Waals surface area contributed by atoms with Gasteiger partial charge in [-0.15, -0.1) is 0 Å². The Labute approximate surface area is 185 Å². The van der Waals surface area contributed by atoms with E-state index < -0.39 is 11.8 Å². The van der Waals surface area contributed by atoms with E-state index in [1.165, 1.54) is 0 Å². The molecule has 3 rings (SSSR count). The molecule has 3 aromatic rings. The molecule has 0 radical (unpaired) electrons. The van der Waals surface area contributed by atoms with Crippen molar-refractivity contribution >= 4 is 34.2 Å². The molecule has 0 saturated heterocycles. The van der Waals surface area contributed by atoms with Crippen LogP contribution >= 0.6 is 0 Å². The van der Waals surface area contributed by atoms with Crippen molar-refractivity contribution in [1.29, 1.82) is 0 Å². The van der Waals surface area contributed by atoms with Crippen LogP contribution in [0, 0.1) is 0 Å². The highest BCUT2D eigenvalue weighted by Gasteiger charge is 2.10. The fourth-order valence-corrected chi connectivity index (χ4v) is 2.95. The summed E-state index contributed by atoms with van der Waals surface area (Å²) in [6, 6.07) is 20.2. The lowest BCUT2D eigenvalue weighted by atomic mass is 10.1. The smallest absolute Gasteiger partial charge is 0.276 e. The number of hydrazine groups is 1. The predicted octanol–water partition coefficient (Wildman–Crippen LogP) is 3.18. The largest absolute Gasteiger partial charge is 0.494 e. The molecule has 0 fully saturated rings. The SMILES string of the molecule is CCOc1ccc(NC(=O)CCC(=O)NNC(=O)COc2cccc3ccccc23)cc1. The summed E-state index contributed by atoms with van der Waals surface area (Å²) < 4.78 is 10.9. The summed E-state index contributed by atoms with van der Waals surface area (Å²) in [5, 5.41) is 4.60. The Hall–Kier alpha value is -4.07. The molecule has 0 aliphatic carbocycles. The standard InChI is InChI=1S/C24H25N3O5/c1-2-31-19-12-10-18(11-13-19)25-22(28)14-15-23(29)26-27-24(30)16-32-21-9-5-7-17-6-3-4-8-20(17)21/h3-13H,2,14-16H2,1H3,(H,25,28)(H,26,29)(H,27,30). The van der Waals surface area contributed by atoms with Gasteiger partial charge in [0.25, 0.3) is 5.91 Å². The quantitative estimate of drug-likeness (QED) is 0.448. The first-order valence-corrected chi connectivity index (χ1v) is 10.3. The molecular weight excluding hydrogens is 410 g/mol. The van der Waals surface area contributed by atoms with Gasteiger partial charge in [-0.2, -0.15) is 0 Å². The van der Waals surface area contributed by atoms with Gasteiger partial charge in [0, 0.05) is 23.9 Å². The van der Waals surface area contributed by atoms with Crippen LogP contribution in [0.2, 0.25) is 0 Å². The molecule has 0 aliphatic rings. The molecule has 8 nitrogen and oxygen atoms in total. The maximum atomic E-state index is 12.0.